The minimum absolute atomic E-state index is 0.125. The third kappa shape index (κ3) is 8.55. The van der Waals surface area contributed by atoms with E-state index in [9.17, 15) is 24.3 Å². The van der Waals surface area contributed by atoms with Gasteiger partial charge in [-0.15, -0.1) is 0 Å². The predicted molar refractivity (Wildman–Crippen MR) is 193 cm³/mol. The van der Waals surface area contributed by atoms with E-state index in [1.807, 2.05) is 56.3 Å². The molecule has 3 heterocycles. The lowest BCUT2D eigenvalue weighted by atomic mass is 9.73. The van der Waals surface area contributed by atoms with Crippen molar-refractivity contribution in [3.05, 3.63) is 35.9 Å². The number of rotatable bonds is 9. The number of benzene rings is 1. The maximum Gasteiger partial charge on any atom is 0.425 e. The van der Waals surface area contributed by atoms with Crippen LogP contribution in [0.3, 0.4) is 0 Å². The Hall–Kier alpha value is -2.94. The number of hydrogen-bond acceptors (Lipinski definition) is 12. The third-order valence-electron chi connectivity index (χ3n) is 11.6. The number of aliphatic hydroxyl groups excluding tert-OH is 1. The Labute approximate surface area is 309 Å². The minimum Gasteiger partial charge on any atom is -0.458 e. The summed E-state index contributed by atoms with van der Waals surface area (Å²) < 4.78 is 31.0. The van der Waals surface area contributed by atoms with Gasteiger partial charge in [0.1, 0.15) is 30.0 Å². The number of hydrazine groups is 1. The number of aliphatic hydroxyl groups is 1. The van der Waals surface area contributed by atoms with E-state index < -0.39 is 83.4 Å². The number of nitrogens with one attached hydrogen (secondary N) is 1. The molecular formula is C39H61N3O10. The van der Waals surface area contributed by atoms with Crippen molar-refractivity contribution in [3.8, 4) is 0 Å². The highest BCUT2D eigenvalue weighted by molar-refractivity contribution is 6.00. The van der Waals surface area contributed by atoms with Crippen molar-refractivity contribution in [2.75, 3.05) is 27.7 Å². The molecule has 4 rings (SSSR count). The van der Waals surface area contributed by atoms with Crippen molar-refractivity contribution in [3.63, 3.8) is 0 Å². The number of fused-ring (bicyclic) bond motifs is 1. The summed E-state index contributed by atoms with van der Waals surface area (Å²) >= 11 is 0. The molecule has 52 heavy (non-hydrogen) atoms. The van der Waals surface area contributed by atoms with Crippen molar-refractivity contribution >= 4 is 23.6 Å². The largest absolute Gasteiger partial charge is 0.458 e. The highest BCUT2D eigenvalue weighted by atomic mass is 16.7. The molecule has 1 aromatic rings. The molecule has 2 N–H and O–H groups in total. The van der Waals surface area contributed by atoms with Crippen LogP contribution in [-0.2, 0) is 44.5 Å². The smallest absolute Gasteiger partial charge is 0.425 e. The molecule has 3 aliphatic rings. The van der Waals surface area contributed by atoms with Gasteiger partial charge >= 0.3 is 12.1 Å². The summed E-state index contributed by atoms with van der Waals surface area (Å²) in [5.41, 5.74) is 1.58. The van der Waals surface area contributed by atoms with Crippen LogP contribution in [-0.4, -0.2) is 120 Å². The van der Waals surface area contributed by atoms with E-state index in [1.54, 1.807) is 41.5 Å². The molecule has 292 valence electrons. The fourth-order valence-corrected chi connectivity index (χ4v) is 8.50. The minimum atomic E-state index is -1.43. The second-order valence-electron chi connectivity index (χ2n) is 15.7. The average Bonchev–Trinajstić information content (AvgIpc) is 3.37. The molecule has 1 aromatic carbocycles. The summed E-state index contributed by atoms with van der Waals surface area (Å²) in [4.78, 5) is 58.2. The van der Waals surface area contributed by atoms with Gasteiger partial charge in [-0.1, -0.05) is 58.0 Å². The zero-order valence-electron chi connectivity index (χ0n) is 32.8. The van der Waals surface area contributed by atoms with Gasteiger partial charge in [-0.3, -0.25) is 14.4 Å². The SMILES string of the molecule is CC[C@H]1OC(=O)[C@H](C)C(=O)[C@H](C)[C@@H](O[C@@H]2O[C@H](C)C[C@H](N(C)C)[C@H]2O)[C@](C)(OC)C[C@@H](C)C(=O)[C@H](C)[C@H]2N(NCCc3ccccc3)C(=O)O[C@]12C. The monoisotopic (exact) mass is 731 g/mol. The number of carbonyl (C=O) groups excluding carboxylic acids is 4. The fourth-order valence-electron chi connectivity index (χ4n) is 8.50. The number of nitrogens with zero attached hydrogens (tertiary/aromatic N) is 2. The maximum atomic E-state index is 14.6. The topological polar surface area (TPSA) is 153 Å². The lowest BCUT2D eigenvalue weighted by molar-refractivity contribution is -0.295. The van der Waals surface area contributed by atoms with Crippen LogP contribution in [0, 0.1) is 23.7 Å². The molecule has 1 amide bonds. The van der Waals surface area contributed by atoms with Crippen LogP contribution < -0.4 is 5.43 Å². The average molecular weight is 732 g/mol. The van der Waals surface area contributed by atoms with Crippen LogP contribution in [0.25, 0.3) is 0 Å². The van der Waals surface area contributed by atoms with Gasteiger partial charge in [-0.2, -0.15) is 0 Å². The molecule has 13 nitrogen and oxygen atoms in total. The van der Waals surface area contributed by atoms with E-state index in [2.05, 4.69) is 5.43 Å². The van der Waals surface area contributed by atoms with Crippen LogP contribution in [0.5, 0.6) is 0 Å². The van der Waals surface area contributed by atoms with Crippen LogP contribution in [0.2, 0.25) is 0 Å². The molecule has 0 spiro atoms. The molecule has 0 bridgehead atoms. The van der Waals surface area contributed by atoms with Crippen molar-refractivity contribution in [2.45, 2.75) is 135 Å². The first-order valence-corrected chi connectivity index (χ1v) is 18.7. The zero-order valence-corrected chi connectivity index (χ0v) is 32.8. The van der Waals surface area contributed by atoms with Gasteiger partial charge in [0.2, 0.25) is 0 Å². The third-order valence-corrected chi connectivity index (χ3v) is 11.6. The number of cyclic esters (lactones) is 1. The number of ketones is 2. The first-order chi connectivity index (χ1) is 24.4. The van der Waals surface area contributed by atoms with Crippen LogP contribution in [0.1, 0.15) is 80.2 Å². The Kier molecular flexibility index (Phi) is 13.7. The molecule has 3 aliphatic heterocycles. The van der Waals surface area contributed by atoms with Crippen LogP contribution in [0.15, 0.2) is 30.3 Å². The summed E-state index contributed by atoms with van der Waals surface area (Å²) in [5.74, 6) is -5.02. The molecule has 3 fully saturated rings. The number of Topliss-reactive ketones (excluding diaryl/α,β-unsaturated/α-hetero) is 2. The number of likely N-dealkylation sites (N-methyl/N-ethyl adjacent to an activating group) is 1. The summed E-state index contributed by atoms with van der Waals surface area (Å²) in [7, 11) is 5.23. The van der Waals surface area contributed by atoms with E-state index >= 15 is 0 Å². The van der Waals surface area contributed by atoms with E-state index in [-0.39, 0.29) is 30.8 Å². The van der Waals surface area contributed by atoms with Crippen molar-refractivity contribution in [1.29, 1.82) is 0 Å². The lowest BCUT2D eigenvalue weighted by Gasteiger charge is -2.47. The predicted octanol–water partition coefficient (Wildman–Crippen LogP) is 3.94. The standard InChI is InChI=1S/C39H61N3O10/c1-12-29-39(8)33(42(37(47)52-39)40-19-18-27-16-14-13-15-17-27)24(4)30(43)22(2)21-38(7,48-11)34(25(5)31(44)26(6)35(46)50-29)51-36-32(45)28(41(9)10)20-23(3)49-36/h13-17,22-26,28-29,32-34,36,40,45H,12,18-21H2,1-11H3/t22-,23-,24+,25+,26-,28+,29-,32-,33-,34-,36+,38-,39-/m1/s1. The molecular weight excluding hydrogens is 670 g/mol. The van der Waals surface area contributed by atoms with Crippen LogP contribution in [0.4, 0.5) is 4.79 Å². The summed E-state index contributed by atoms with van der Waals surface area (Å²) in [5, 5.41) is 12.8. The number of carbonyl (C=O) groups is 4. The van der Waals surface area contributed by atoms with Crippen LogP contribution >= 0.6 is 0 Å². The summed E-state index contributed by atoms with van der Waals surface area (Å²) in [6, 6.07) is 8.66. The number of ether oxygens (including phenoxy) is 5. The fraction of sp³-hybridized carbons (Fsp3) is 0.744. The molecule has 0 aliphatic carbocycles. The first kappa shape index (κ1) is 41.8. The van der Waals surface area contributed by atoms with Gasteiger partial charge in [0.05, 0.1) is 17.8 Å². The second-order valence-corrected chi connectivity index (χ2v) is 15.7. The Bertz CT molecular complexity index is 1410. The van der Waals surface area contributed by atoms with Gasteiger partial charge in [-0.25, -0.2) is 15.2 Å². The highest BCUT2D eigenvalue weighted by Gasteiger charge is 2.61. The van der Waals surface area contributed by atoms with Crippen molar-refractivity contribution in [2.24, 2.45) is 23.7 Å². The van der Waals surface area contributed by atoms with E-state index in [0.29, 0.717) is 19.4 Å². The Morgan fingerprint density at radius 3 is 2.25 bits per heavy atom. The molecule has 13 heteroatoms. The number of esters is 1. The lowest BCUT2D eigenvalue weighted by Crippen LogP contribution is -2.61. The van der Waals surface area contributed by atoms with E-state index in [4.69, 9.17) is 23.7 Å². The van der Waals surface area contributed by atoms with E-state index in [1.165, 1.54) is 19.0 Å². The molecule has 3 saturated heterocycles. The normalized spacial score (nSPS) is 39.6. The number of hydrogen-bond donors (Lipinski definition) is 2. The molecule has 0 aromatic heterocycles. The first-order valence-electron chi connectivity index (χ1n) is 18.7. The second kappa shape index (κ2) is 17.0. The van der Waals surface area contributed by atoms with Crippen molar-refractivity contribution in [1.82, 2.24) is 15.3 Å². The van der Waals surface area contributed by atoms with Crippen molar-refractivity contribution < 1.29 is 48.0 Å². The van der Waals surface area contributed by atoms with Gasteiger partial charge in [0, 0.05) is 37.5 Å². The quantitative estimate of drug-likeness (QED) is 0.280. The van der Waals surface area contributed by atoms with E-state index in [0.717, 1.165) is 5.56 Å². The highest BCUT2D eigenvalue weighted by Crippen LogP contribution is 2.42. The van der Waals surface area contributed by atoms with Gasteiger partial charge in [0.15, 0.2) is 17.7 Å². The maximum absolute atomic E-state index is 14.6. The molecule has 13 atom stereocenters. The number of methoxy groups -OCH3 is 1. The zero-order chi connectivity index (χ0) is 38.7. The number of amides is 1. The summed E-state index contributed by atoms with van der Waals surface area (Å²) in [6.07, 6.45) is -3.55. The summed E-state index contributed by atoms with van der Waals surface area (Å²) in [6.45, 7) is 14.2. The molecule has 0 unspecified atom stereocenters. The Morgan fingerprint density at radius 1 is 1.00 bits per heavy atom. The Morgan fingerprint density at radius 2 is 1.65 bits per heavy atom. The van der Waals surface area contributed by atoms with Gasteiger partial charge < -0.3 is 33.7 Å². The van der Waals surface area contributed by atoms with Gasteiger partial charge in [0.25, 0.3) is 0 Å². The van der Waals surface area contributed by atoms with Gasteiger partial charge in [-0.05, 0) is 73.0 Å². The molecule has 0 saturated carbocycles. The Balaban J connectivity index is 1.74. The molecule has 0 radical (unpaired) electrons.